The summed E-state index contributed by atoms with van der Waals surface area (Å²) in [6.07, 6.45) is 4.79. The molecule has 3 rings (SSSR count). The van der Waals surface area contributed by atoms with E-state index in [1.807, 2.05) is 30.3 Å². The Bertz CT molecular complexity index is 510. The Labute approximate surface area is 106 Å². The number of hydrogen-bond acceptors (Lipinski definition) is 4. The van der Waals surface area contributed by atoms with Gasteiger partial charge in [0.25, 0.3) is 0 Å². The van der Waals surface area contributed by atoms with E-state index in [1.165, 1.54) is 19.3 Å². The SMILES string of the molecule is CCC1(Nc2nnnn2-c2ccccc2)CCC1. The molecule has 1 saturated carbocycles. The highest BCUT2D eigenvalue weighted by molar-refractivity contribution is 5.40. The van der Waals surface area contributed by atoms with Gasteiger partial charge in [-0.05, 0) is 48.2 Å². The van der Waals surface area contributed by atoms with E-state index in [-0.39, 0.29) is 5.54 Å². The maximum atomic E-state index is 4.10. The van der Waals surface area contributed by atoms with Crippen LogP contribution in [0.3, 0.4) is 0 Å². The summed E-state index contributed by atoms with van der Waals surface area (Å²) in [6.45, 7) is 2.21. The maximum Gasteiger partial charge on any atom is 0.248 e. The number of para-hydroxylation sites is 1. The molecule has 18 heavy (non-hydrogen) atoms. The Kier molecular flexibility index (Phi) is 2.74. The molecule has 94 valence electrons. The minimum Gasteiger partial charge on any atom is -0.347 e. The second-order valence-electron chi connectivity index (χ2n) is 4.86. The first-order valence-electron chi connectivity index (χ1n) is 6.45. The van der Waals surface area contributed by atoms with Crippen LogP contribution in [0.1, 0.15) is 32.6 Å². The topological polar surface area (TPSA) is 55.6 Å². The predicted molar refractivity (Wildman–Crippen MR) is 69.6 cm³/mol. The number of aromatic nitrogens is 4. The van der Waals surface area contributed by atoms with E-state index in [0.29, 0.717) is 0 Å². The zero-order valence-electron chi connectivity index (χ0n) is 10.5. The molecule has 0 amide bonds. The van der Waals surface area contributed by atoms with Crippen molar-refractivity contribution in [2.45, 2.75) is 38.1 Å². The molecule has 0 radical (unpaired) electrons. The van der Waals surface area contributed by atoms with E-state index in [0.717, 1.165) is 18.1 Å². The van der Waals surface area contributed by atoms with Gasteiger partial charge < -0.3 is 5.32 Å². The van der Waals surface area contributed by atoms with E-state index in [4.69, 9.17) is 0 Å². The van der Waals surface area contributed by atoms with Crippen molar-refractivity contribution < 1.29 is 0 Å². The van der Waals surface area contributed by atoms with Gasteiger partial charge in [-0.25, -0.2) is 0 Å². The monoisotopic (exact) mass is 243 g/mol. The van der Waals surface area contributed by atoms with Gasteiger partial charge in [0.15, 0.2) is 0 Å². The summed E-state index contributed by atoms with van der Waals surface area (Å²) in [5.74, 6) is 0.739. The molecule has 5 nitrogen and oxygen atoms in total. The molecule has 1 aromatic heterocycles. The lowest BCUT2D eigenvalue weighted by molar-refractivity contribution is 0.267. The highest BCUT2D eigenvalue weighted by Gasteiger charge is 2.36. The molecule has 1 N–H and O–H groups in total. The Hall–Kier alpha value is -1.91. The number of nitrogens with zero attached hydrogens (tertiary/aromatic N) is 4. The van der Waals surface area contributed by atoms with Crippen LogP contribution >= 0.6 is 0 Å². The number of hydrogen-bond donors (Lipinski definition) is 1. The molecule has 0 spiro atoms. The van der Waals surface area contributed by atoms with Gasteiger partial charge in [0, 0.05) is 5.54 Å². The van der Waals surface area contributed by atoms with Crippen molar-refractivity contribution in [2.75, 3.05) is 5.32 Å². The lowest BCUT2D eigenvalue weighted by atomic mass is 9.75. The summed E-state index contributed by atoms with van der Waals surface area (Å²) in [5, 5.41) is 15.4. The summed E-state index contributed by atoms with van der Waals surface area (Å²) < 4.78 is 1.76. The van der Waals surface area contributed by atoms with Crippen LogP contribution in [0.5, 0.6) is 0 Å². The molecule has 1 heterocycles. The fourth-order valence-electron chi connectivity index (χ4n) is 2.42. The van der Waals surface area contributed by atoms with Crippen molar-refractivity contribution in [3.05, 3.63) is 30.3 Å². The molecule has 0 atom stereocenters. The molecule has 1 fully saturated rings. The van der Waals surface area contributed by atoms with E-state index >= 15 is 0 Å². The van der Waals surface area contributed by atoms with E-state index in [2.05, 4.69) is 27.8 Å². The van der Waals surface area contributed by atoms with Crippen molar-refractivity contribution in [3.8, 4) is 5.69 Å². The number of nitrogens with one attached hydrogen (secondary N) is 1. The number of tetrazole rings is 1. The van der Waals surface area contributed by atoms with Crippen LogP contribution in [0, 0.1) is 0 Å². The van der Waals surface area contributed by atoms with E-state index in [9.17, 15) is 0 Å². The smallest absolute Gasteiger partial charge is 0.248 e. The first-order valence-corrected chi connectivity index (χ1v) is 6.45. The van der Waals surface area contributed by atoms with Gasteiger partial charge in [0.2, 0.25) is 5.95 Å². The predicted octanol–water partition coefficient (Wildman–Crippen LogP) is 2.41. The molecular formula is C13H17N5. The molecule has 0 bridgehead atoms. The lowest BCUT2D eigenvalue weighted by Gasteiger charge is -2.41. The van der Waals surface area contributed by atoms with Crippen LogP contribution in [-0.2, 0) is 0 Å². The second kappa shape index (κ2) is 4.40. The van der Waals surface area contributed by atoms with Gasteiger partial charge in [-0.3, -0.25) is 0 Å². The fourth-order valence-corrected chi connectivity index (χ4v) is 2.42. The highest BCUT2D eigenvalue weighted by Crippen LogP contribution is 2.37. The van der Waals surface area contributed by atoms with Gasteiger partial charge in [0.1, 0.15) is 0 Å². The molecule has 2 aromatic rings. The molecule has 1 aromatic carbocycles. The van der Waals surface area contributed by atoms with E-state index < -0.39 is 0 Å². The summed E-state index contributed by atoms with van der Waals surface area (Å²) in [6, 6.07) is 9.96. The third kappa shape index (κ3) is 1.85. The summed E-state index contributed by atoms with van der Waals surface area (Å²) in [7, 11) is 0. The minimum absolute atomic E-state index is 0.196. The first kappa shape index (κ1) is 11.2. The molecule has 0 saturated heterocycles. The Balaban J connectivity index is 1.88. The number of benzene rings is 1. The summed E-state index contributed by atoms with van der Waals surface area (Å²) in [5.41, 5.74) is 1.18. The van der Waals surface area contributed by atoms with Crippen LogP contribution < -0.4 is 5.32 Å². The molecule has 1 aliphatic carbocycles. The van der Waals surface area contributed by atoms with Gasteiger partial charge in [-0.1, -0.05) is 30.2 Å². The molecular weight excluding hydrogens is 226 g/mol. The van der Waals surface area contributed by atoms with Crippen LogP contribution in [0.4, 0.5) is 5.95 Å². The molecule has 5 heteroatoms. The average molecular weight is 243 g/mol. The summed E-state index contributed by atoms with van der Waals surface area (Å²) in [4.78, 5) is 0. The zero-order valence-corrected chi connectivity index (χ0v) is 10.5. The largest absolute Gasteiger partial charge is 0.347 e. The third-order valence-corrected chi connectivity index (χ3v) is 3.83. The fraction of sp³-hybridized carbons (Fsp3) is 0.462. The third-order valence-electron chi connectivity index (χ3n) is 3.83. The lowest BCUT2D eigenvalue weighted by Crippen LogP contribution is -2.45. The van der Waals surface area contributed by atoms with Crippen LogP contribution in [0.15, 0.2) is 30.3 Å². The van der Waals surface area contributed by atoms with Crippen LogP contribution in [0.2, 0.25) is 0 Å². The quantitative estimate of drug-likeness (QED) is 0.896. The van der Waals surface area contributed by atoms with Crippen molar-refractivity contribution >= 4 is 5.95 Å². The van der Waals surface area contributed by atoms with Crippen molar-refractivity contribution in [1.29, 1.82) is 0 Å². The van der Waals surface area contributed by atoms with Crippen molar-refractivity contribution in [2.24, 2.45) is 0 Å². The Morgan fingerprint density at radius 3 is 2.67 bits per heavy atom. The first-order chi connectivity index (χ1) is 8.83. The Morgan fingerprint density at radius 2 is 2.06 bits per heavy atom. The molecule has 0 unspecified atom stereocenters. The second-order valence-corrected chi connectivity index (χ2v) is 4.86. The van der Waals surface area contributed by atoms with E-state index in [1.54, 1.807) is 4.68 Å². The number of anilines is 1. The Morgan fingerprint density at radius 1 is 1.28 bits per heavy atom. The highest BCUT2D eigenvalue weighted by atomic mass is 15.6. The minimum atomic E-state index is 0.196. The number of rotatable bonds is 4. The van der Waals surface area contributed by atoms with Crippen molar-refractivity contribution in [3.63, 3.8) is 0 Å². The maximum absolute atomic E-state index is 4.10. The average Bonchev–Trinajstić information content (AvgIpc) is 2.83. The van der Waals surface area contributed by atoms with Gasteiger partial charge in [-0.2, -0.15) is 4.68 Å². The zero-order chi connectivity index (χ0) is 12.4. The normalized spacial score (nSPS) is 17.2. The van der Waals surface area contributed by atoms with Crippen molar-refractivity contribution in [1.82, 2.24) is 20.2 Å². The van der Waals surface area contributed by atoms with Gasteiger partial charge >= 0.3 is 0 Å². The van der Waals surface area contributed by atoms with Gasteiger partial charge in [-0.15, -0.1) is 0 Å². The molecule has 0 aliphatic heterocycles. The standard InChI is InChI=1S/C13H17N5/c1-2-13(9-6-10-13)14-12-15-16-17-18(12)11-7-4-3-5-8-11/h3-5,7-8H,2,6,9-10H2,1H3,(H,14,15,17). The van der Waals surface area contributed by atoms with Gasteiger partial charge in [0.05, 0.1) is 5.69 Å². The van der Waals surface area contributed by atoms with Crippen LogP contribution in [0.25, 0.3) is 5.69 Å². The summed E-state index contributed by atoms with van der Waals surface area (Å²) >= 11 is 0. The van der Waals surface area contributed by atoms with Crippen LogP contribution in [-0.4, -0.2) is 25.7 Å². The molecule has 1 aliphatic rings.